The third-order valence-electron chi connectivity index (χ3n) is 4.56. The van der Waals surface area contributed by atoms with Gasteiger partial charge in [0.05, 0.1) is 6.61 Å². The van der Waals surface area contributed by atoms with Gasteiger partial charge in [0.1, 0.15) is 12.1 Å². The molecule has 3 rings (SSSR count). The Balaban J connectivity index is 1.64. The molecule has 23 heavy (non-hydrogen) atoms. The van der Waals surface area contributed by atoms with E-state index in [0.29, 0.717) is 39.1 Å². The number of carboxylic acid groups (broad SMARTS) is 1. The van der Waals surface area contributed by atoms with E-state index in [-0.39, 0.29) is 11.8 Å². The molecule has 0 spiro atoms. The van der Waals surface area contributed by atoms with Crippen molar-refractivity contribution in [3.8, 4) is 0 Å². The van der Waals surface area contributed by atoms with E-state index in [4.69, 9.17) is 9.47 Å². The first-order valence-electron chi connectivity index (χ1n) is 7.94. The molecule has 2 atom stereocenters. The van der Waals surface area contributed by atoms with Gasteiger partial charge in [-0.3, -0.25) is 4.79 Å². The highest BCUT2D eigenvalue weighted by Gasteiger charge is 2.34. The molecule has 1 aromatic carbocycles. The van der Waals surface area contributed by atoms with E-state index in [9.17, 15) is 14.7 Å². The van der Waals surface area contributed by atoms with Crippen molar-refractivity contribution in [1.29, 1.82) is 0 Å². The highest BCUT2D eigenvalue weighted by molar-refractivity contribution is 5.86. The van der Waals surface area contributed by atoms with Gasteiger partial charge in [0, 0.05) is 19.6 Å². The Kier molecular flexibility index (Phi) is 4.93. The Bertz CT molecular complexity index is 582. The SMILES string of the molecule is O=C(O)C(NC(=O)[C@@H]1Cc2ccccc2CO1)C1CCOCC1. The Morgan fingerprint density at radius 2 is 1.87 bits per heavy atom. The number of fused-ring (bicyclic) bond motifs is 1. The summed E-state index contributed by atoms with van der Waals surface area (Å²) in [5, 5.41) is 12.1. The molecule has 1 saturated heterocycles. The first kappa shape index (κ1) is 16.0. The van der Waals surface area contributed by atoms with Gasteiger partial charge in [-0.25, -0.2) is 4.79 Å². The van der Waals surface area contributed by atoms with E-state index in [0.717, 1.165) is 11.1 Å². The summed E-state index contributed by atoms with van der Waals surface area (Å²) in [5.74, 6) is -1.44. The van der Waals surface area contributed by atoms with Crippen LogP contribution in [0.15, 0.2) is 24.3 Å². The molecule has 2 aliphatic rings. The first-order valence-corrected chi connectivity index (χ1v) is 7.94. The third-order valence-corrected chi connectivity index (χ3v) is 4.56. The summed E-state index contributed by atoms with van der Waals surface area (Å²) >= 11 is 0. The van der Waals surface area contributed by atoms with E-state index in [1.807, 2.05) is 24.3 Å². The van der Waals surface area contributed by atoms with E-state index in [1.165, 1.54) is 0 Å². The van der Waals surface area contributed by atoms with E-state index < -0.39 is 18.1 Å². The number of hydrogen-bond donors (Lipinski definition) is 2. The van der Waals surface area contributed by atoms with E-state index in [2.05, 4.69) is 5.32 Å². The molecule has 1 fully saturated rings. The highest BCUT2D eigenvalue weighted by Crippen LogP contribution is 2.22. The standard InChI is InChI=1S/C17H21NO5/c19-16(14-9-12-3-1-2-4-13(12)10-23-14)18-15(17(20)21)11-5-7-22-8-6-11/h1-4,11,14-15H,5-10H2,(H,18,19)(H,20,21)/t14-,15?/m0/s1. The Labute approximate surface area is 134 Å². The molecular formula is C17H21NO5. The normalized spacial score (nSPS) is 22.9. The van der Waals surface area contributed by atoms with Gasteiger partial charge in [-0.15, -0.1) is 0 Å². The fourth-order valence-corrected chi connectivity index (χ4v) is 3.19. The molecule has 2 N–H and O–H groups in total. The number of hydrogen-bond acceptors (Lipinski definition) is 4. The minimum absolute atomic E-state index is 0.0962. The predicted molar refractivity (Wildman–Crippen MR) is 81.8 cm³/mol. The number of benzene rings is 1. The lowest BCUT2D eigenvalue weighted by Crippen LogP contribution is -2.51. The fraction of sp³-hybridized carbons (Fsp3) is 0.529. The van der Waals surface area contributed by atoms with Crippen LogP contribution in [-0.2, 0) is 32.1 Å². The second-order valence-corrected chi connectivity index (χ2v) is 6.05. The van der Waals surface area contributed by atoms with Crippen molar-refractivity contribution in [2.24, 2.45) is 5.92 Å². The van der Waals surface area contributed by atoms with Crippen molar-refractivity contribution >= 4 is 11.9 Å². The molecule has 0 radical (unpaired) electrons. The molecule has 6 nitrogen and oxygen atoms in total. The average molecular weight is 319 g/mol. The predicted octanol–water partition coefficient (Wildman–Crippen LogP) is 1.12. The molecule has 0 bridgehead atoms. The Morgan fingerprint density at radius 3 is 2.57 bits per heavy atom. The molecule has 2 heterocycles. The van der Waals surface area contributed by atoms with E-state index >= 15 is 0 Å². The van der Waals surface area contributed by atoms with Crippen molar-refractivity contribution in [2.45, 2.75) is 38.0 Å². The zero-order valence-corrected chi connectivity index (χ0v) is 12.9. The van der Waals surface area contributed by atoms with Crippen molar-refractivity contribution in [2.75, 3.05) is 13.2 Å². The van der Waals surface area contributed by atoms with Crippen LogP contribution in [0.4, 0.5) is 0 Å². The number of amides is 1. The van der Waals surface area contributed by atoms with Gasteiger partial charge in [0.15, 0.2) is 0 Å². The molecule has 1 aromatic rings. The van der Waals surface area contributed by atoms with Gasteiger partial charge < -0.3 is 19.9 Å². The maximum atomic E-state index is 12.4. The monoisotopic (exact) mass is 319 g/mol. The van der Waals surface area contributed by atoms with Gasteiger partial charge in [-0.05, 0) is 29.9 Å². The molecule has 0 saturated carbocycles. The van der Waals surface area contributed by atoms with E-state index in [1.54, 1.807) is 0 Å². The van der Waals surface area contributed by atoms with Crippen molar-refractivity contribution in [3.05, 3.63) is 35.4 Å². The smallest absolute Gasteiger partial charge is 0.326 e. The maximum Gasteiger partial charge on any atom is 0.326 e. The minimum atomic E-state index is -0.999. The molecule has 124 valence electrons. The number of nitrogens with one attached hydrogen (secondary N) is 1. The summed E-state index contributed by atoms with van der Waals surface area (Å²) in [7, 11) is 0. The Hall–Kier alpha value is -1.92. The van der Waals surface area contributed by atoms with Crippen LogP contribution in [-0.4, -0.2) is 42.3 Å². The number of carboxylic acids is 1. The highest BCUT2D eigenvalue weighted by atomic mass is 16.5. The lowest BCUT2D eigenvalue weighted by Gasteiger charge is -2.30. The molecule has 6 heteroatoms. The zero-order valence-electron chi connectivity index (χ0n) is 12.9. The van der Waals surface area contributed by atoms with Gasteiger partial charge >= 0.3 is 5.97 Å². The minimum Gasteiger partial charge on any atom is -0.480 e. The number of ether oxygens (including phenoxy) is 2. The van der Waals surface area contributed by atoms with Crippen molar-refractivity contribution in [3.63, 3.8) is 0 Å². The lowest BCUT2D eigenvalue weighted by atomic mass is 9.91. The Morgan fingerprint density at radius 1 is 1.17 bits per heavy atom. The number of carbonyl (C=O) groups is 2. The van der Waals surface area contributed by atoms with Crippen molar-refractivity contribution < 1.29 is 24.2 Å². The maximum absolute atomic E-state index is 12.4. The average Bonchev–Trinajstić information content (AvgIpc) is 2.59. The van der Waals surface area contributed by atoms with Crippen LogP contribution in [0, 0.1) is 5.92 Å². The zero-order chi connectivity index (χ0) is 16.2. The van der Waals surface area contributed by atoms with Crippen LogP contribution in [0.3, 0.4) is 0 Å². The third kappa shape index (κ3) is 3.71. The summed E-state index contributed by atoms with van der Waals surface area (Å²) in [4.78, 5) is 24.0. The number of carbonyl (C=O) groups excluding carboxylic acids is 1. The second-order valence-electron chi connectivity index (χ2n) is 6.05. The van der Waals surface area contributed by atoms with Gasteiger partial charge in [-0.2, -0.15) is 0 Å². The van der Waals surface area contributed by atoms with Crippen LogP contribution in [0.2, 0.25) is 0 Å². The van der Waals surface area contributed by atoms with Gasteiger partial charge in [-0.1, -0.05) is 24.3 Å². The summed E-state index contributed by atoms with van der Waals surface area (Å²) in [6.07, 6.45) is 1.13. The number of rotatable bonds is 4. The van der Waals surface area contributed by atoms with Crippen LogP contribution in [0.1, 0.15) is 24.0 Å². The molecular weight excluding hydrogens is 298 g/mol. The van der Waals surface area contributed by atoms with Crippen LogP contribution < -0.4 is 5.32 Å². The van der Waals surface area contributed by atoms with Crippen LogP contribution in [0.5, 0.6) is 0 Å². The fourth-order valence-electron chi connectivity index (χ4n) is 3.19. The van der Waals surface area contributed by atoms with Gasteiger partial charge in [0.25, 0.3) is 0 Å². The lowest BCUT2D eigenvalue weighted by molar-refractivity contribution is -0.147. The molecule has 1 amide bonds. The van der Waals surface area contributed by atoms with Crippen LogP contribution >= 0.6 is 0 Å². The van der Waals surface area contributed by atoms with Gasteiger partial charge in [0.2, 0.25) is 5.91 Å². The molecule has 0 aromatic heterocycles. The van der Waals surface area contributed by atoms with Crippen LogP contribution in [0.25, 0.3) is 0 Å². The number of aliphatic carboxylic acids is 1. The largest absolute Gasteiger partial charge is 0.480 e. The first-order chi connectivity index (χ1) is 11.1. The quantitative estimate of drug-likeness (QED) is 0.869. The summed E-state index contributed by atoms with van der Waals surface area (Å²) in [6.45, 7) is 1.46. The summed E-state index contributed by atoms with van der Waals surface area (Å²) in [5.41, 5.74) is 2.16. The summed E-state index contributed by atoms with van der Waals surface area (Å²) in [6, 6.07) is 6.94. The molecule has 2 aliphatic heterocycles. The molecule has 0 aliphatic carbocycles. The van der Waals surface area contributed by atoms with Crippen molar-refractivity contribution in [1.82, 2.24) is 5.32 Å². The topological polar surface area (TPSA) is 84.9 Å². The second kappa shape index (κ2) is 7.10. The molecule has 1 unspecified atom stereocenters. The summed E-state index contributed by atoms with van der Waals surface area (Å²) < 4.78 is 10.9.